The number of aromatic nitrogens is 2. The second kappa shape index (κ2) is 6.18. The minimum absolute atomic E-state index is 0.773. The average molecular weight is 256 g/mol. The summed E-state index contributed by atoms with van der Waals surface area (Å²) in [5.41, 5.74) is 3.65. The first-order valence-electron chi connectivity index (χ1n) is 6.55. The van der Waals surface area contributed by atoms with Crippen molar-refractivity contribution >= 4 is 11.6 Å². The van der Waals surface area contributed by atoms with Gasteiger partial charge in [0.15, 0.2) is 0 Å². The van der Waals surface area contributed by atoms with Crippen molar-refractivity contribution in [2.24, 2.45) is 0 Å². The zero-order valence-electron chi connectivity index (χ0n) is 11.7. The first-order valence-corrected chi connectivity index (χ1v) is 6.55. The van der Waals surface area contributed by atoms with Crippen molar-refractivity contribution in [2.75, 3.05) is 17.7 Å². The molecule has 2 N–H and O–H groups in total. The molecule has 100 valence electrons. The lowest BCUT2D eigenvalue weighted by atomic mass is 10.1. The second-order valence-corrected chi connectivity index (χ2v) is 4.50. The van der Waals surface area contributed by atoms with E-state index in [1.54, 1.807) is 6.33 Å². The van der Waals surface area contributed by atoms with Crippen molar-refractivity contribution in [1.82, 2.24) is 9.97 Å². The quantitative estimate of drug-likeness (QED) is 0.863. The van der Waals surface area contributed by atoms with Gasteiger partial charge in [0.05, 0.1) is 0 Å². The van der Waals surface area contributed by atoms with Crippen molar-refractivity contribution in [2.45, 2.75) is 26.8 Å². The van der Waals surface area contributed by atoms with Crippen LogP contribution in [0.5, 0.6) is 0 Å². The molecule has 19 heavy (non-hydrogen) atoms. The molecular weight excluding hydrogens is 236 g/mol. The number of aryl methyl sites for hydroxylation is 1. The van der Waals surface area contributed by atoms with E-state index in [4.69, 9.17) is 0 Å². The van der Waals surface area contributed by atoms with Gasteiger partial charge in [0, 0.05) is 19.2 Å². The predicted octanol–water partition coefficient (Wildman–Crippen LogP) is 3.00. The third kappa shape index (κ3) is 3.22. The fraction of sp³-hybridized carbons (Fsp3) is 0.333. The Hall–Kier alpha value is -2.10. The molecule has 0 atom stereocenters. The monoisotopic (exact) mass is 256 g/mol. The van der Waals surface area contributed by atoms with Crippen LogP contribution >= 0.6 is 0 Å². The highest BCUT2D eigenvalue weighted by Gasteiger charge is 2.08. The molecule has 0 aliphatic carbocycles. The Morgan fingerprint density at radius 3 is 2.63 bits per heavy atom. The highest BCUT2D eigenvalue weighted by atomic mass is 15.1. The molecule has 0 aliphatic heterocycles. The number of rotatable bonds is 5. The molecule has 1 heterocycles. The summed E-state index contributed by atoms with van der Waals surface area (Å²) in [7, 11) is 1.88. The van der Waals surface area contributed by atoms with E-state index in [2.05, 4.69) is 58.7 Å². The van der Waals surface area contributed by atoms with E-state index in [0.717, 1.165) is 30.2 Å². The molecule has 0 saturated carbocycles. The minimum atomic E-state index is 0.773. The van der Waals surface area contributed by atoms with Crippen LogP contribution in [0.3, 0.4) is 0 Å². The van der Waals surface area contributed by atoms with Crippen LogP contribution in [0.1, 0.15) is 23.6 Å². The van der Waals surface area contributed by atoms with Crippen LogP contribution in [0.4, 0.5) is 11.6 Å². The van der Waals surface area contributed by atoms with Crippen LogP contribution in [0, 0.1) is 6.92 Å². The van der Waals surface area contributed by atoms with E-state index in [-0.39, 0.29) is 0 Å². The number of hydrogen-bond acceptors (Lipinski definition) is 4. The summed E-state index contributed by atoms with van der Waals surface area (Å²) in [5.74, 6) is 1.80. The first kappa shape index (κ1) is 13.3. The van der Waals surface area contributed by atoms with E-state index in [0.29, 0.717) is 0 Å². The molecule has 0 radical (unpaired) electrons. The number of nitrogens with one attached hydrogen (secondary N) is 2. The molecule has 0 fully saturated rings. The lowest BCUT2D eigenvalue weighted by Gasteiger charge is -2.13. The largest absolute Gasteiger partial charge is 0.373 e. The maximum atomic E-state index is 4.33. The molecule has 2 aromatic rings. The van der Waals surface area contributed by atoms with Gasteiger partial charge in [0.1, 0.15) is 18.0 Å². The zero-order chi connectivity index (χ0) is 13.7. The number of anilines is 2. The Kier molecular flexibility index (Phi) is 4.34. The van der Waals surface area contributed by atoms with Crippen molar-refractivity contribution in [3.63, 3.8) is 0 Å². The lowest BCUT2D eigenvalue weighted by molar-refractivity contribution is 1.01. The molecular formula is C15H20N4. The van der Waals surface area contributed by atoms with E-state index >= 15 is 0 Å². The van der Waals surface area contributed by atoms with Crippen molar-refractivity contribution in [3.8, 4) is 0 Å². The molecule has 1 aromatic heterocycles. The fourth-order valence-corrected chi connectivity index (χ4v) is 2.12. The number of nitrogens with zero attached hydrogens (tertiary/aromatic N) is 2. The van der Waals surface area contributed by atoms with Gasteiger partial charge in [0.25, 0.3) is 0 Å². The Labute approximate surface area is 114 Å². The summed E-state index contributed by atoms with van der Waals surface area (Å²) < 4.78 is 0. The van der Waals surface area contributed by atoms with Gasteiger partial charge >= 0.3 is 0 Å². The SMILES string of the molecule is CCc1c(NC)ncnc1NCc1cccc(C)c1. The third-order valence-electron chi connectivity index (χ3n) is 3.08. The van der Waals surface area contributed by atoms with Gasteiger partial charge in [-0.1, -0.05) is 36.8 Å². The Balaban J connectivity index is 2.15. The second-order valence-electron chi connectivity index (χ2n) is 4.50. The van der Waals surface area contributed by atoms with E-state index in [9.17, 15) is 0 Å². The average Bonchev–Trinajstić information content (AvgIpc) is 2.44. The smallest absolute Gasteiger partial charge is 0.134 e. The molecule has 4 nitrogen and oxygen atoms in total. The predicted molar refractivity (Wildman–Crippen MR) is 79.5 cm³/mol. The standard InChI is InChI=1S/C15H20N4/c1-4-13-14(16-3)18-10-19-15(13)17-9-12-7-5-6-11(2)8-12/h5-8,10H,4,9H2,1-3H3,(H2,16,17,18,19). The van der Waals surface area contributed by atoms with Gasteiger partial charge < -0.3 is 10.6 Å². The minimum Gasteiger partial charge on any atom is -0.373 e. The third-order valence-corrected chi connectivity index (χ3v) is 3.08. The van der Waals surface area contributed by atoms with Gasteiger partial charge in [0.2, 0.25) is 0 Å². The molecule has 0 saturated heterocycles. The van der Waals surface area contributed by atoms with Gasteiger partial charge in [-0.2, -0.15) is 0 Å². The summed E-state index contributed by atoms with van der Waals surface area (Å²) in [6, 6.07) is 8.47. The van der Waals surface area contributed by atoms with Crippen molar-refractivity contribution in [1.29, 1.82) is 0 Å². The molecule has 0 unspecified atom stereocenters. The molecule has 0 amide bonds. The van der Waals surface area contributed by atoms with Crippen LogP contribution in [0.25, 0.3) is 0 Å². The zero-order valence-corrected chi connectivity index (χ0v) is 11.7. The van der Waals surface area contributed by atoms with Gasteiger partial charge in [-0.15, -0.1) is 0 Å². The Morgan fingerprint density at radius 2 is 1.95 bits per heavy atom. The Morgan fingerprint density at radius 1 is 1.16 bits per heavy atom. The molecule has 2 rings (SSSR count). The lowest BCUT2D eigenvalue weighted by Crippen LogP contribution is -2.08. The summed E-state index contributed by atoms with van der Waals surface area (Å²) in [5, 5.41) is 6.49. The highest BCUT2D eigenvalue weighted by Crippen LogP contribution is 2.20. The molecule has 0 bridgehead atoms. The van der Waals surface area contributed by atoms with Gasteiger partial charge in [-0.3, -0.25) is 0 Å². The van der Waals surface area contributed by atoms with E-state index in [1.165, 1.54) is 11.1 Å². The summed E-state index contributed by atoms with van der Waals surface area (Å²) in [6.07, 6.45) is 2.48. The maximum absolute atomic E-state index is 4.33. The molecule has 4 heteroatoms. The van der Waals surface area contributed by atoms with Crippen LogP contribution < -0.4 is 10.6 Å². The summed E-state index contributed by atoms with van der Waals surface area (Å²) >= 11 is 0. The van der Waals surface area contributed by atoms with E-state index in [1.807, 2.05) is 7.05 Å². The van der Waals surface area contributed by atoms with Crippen LogP contribution in [-0.2, 0) is 13.0 Å². The maximum Gasteiger partial charge on any atom is 0.134 e. The van der Waals surface area contributed by atoms with Crippen LogP contribution in [0.2, 0.25) is 0 Å². The Bertz CT molecular complexity index is 552. The van der Waals surface area contributed by atoms with Gasteiger partial charge in [-0.05, 0) is 18.9 Å². The molecule has 1 aromatic carbocycles. The topological polar surface area (TPSA) is 49.8 Å². The number of benzene rings is 1. The van der Waals surface area contributed by atoms with Crippen molar-refractivity contribution in [3.05, 3.63) is 47.3 Å². The molecule has 0 spiro atoms. The van der Waals surface area contributed by atoms with E-state index < -0.39 is 0 Å². The fourth-order valence-electron chi connectivity index (χ4n) is 2.12. The summed E-state index contributed by atoms with van der Waals surface area (Å²) in [4.78, 5) is 8.57. The van der Waals surface area contributed by atoms with Crippen molar-refractivity contribution < 1.29 is 0 Å². The molecule has 0 aliphatic rings. The summed E-state index contributed by atoms with van der Waals surface area (Å²) in [6.45, 7) is 4.98. The van der Waals surface area contributed by atoms with Crippen LogP contribution in [0.15, 0.2) is 30.6 Å². The number of hydrogen-bond donors (Lipinski definition) is 2. The highest BCUT2D eigenvalue weighted by molar-refractivity contribution is 5.57. The van der Waals surface area contributed by atoms with Gasteiger partial charge in [-0.25, -0.2) is 9.97 Å². The van der Waals surface area contributed by atoms with Crippen LogP contribution in [-0.4, -0.2) is 17.0 Å². The normalized spacial score (nSPS) is 10.3. The first-order chi connectivity index (χ1) is 9.24.